The number of hydrogen-bond acceptors (Lipinski definition) is 5. The molecular formula is C20H23N3O3. The van der Waals surface area contributed by atoms with E-state index < -0.39 is 5.97 Å². The van der Waals surface area contributed by atoms with Crippen LogP contribution in [-0.4, -0.2) is 26.0 Å². The van der Waals surface area contributed by atoms with Crippen LogP contribution in [0.5, 0.6) is 5.75 Å². The maximum absolute atomic E-state index is 12.0. The van der Waals surface area contributed by atoms with Crippen molar-refractivity contribution in [3.05, 3.63) is 59.9 Å². The summed E-state index contributed by atoms with van der Waals surface area (Å²) in [7, 11) is 1.63. The third-order valence-electron chi connectivity index (χ3n) is 3.82. The second-order valence-corrected chi connectivity index (χ2v) is 5.50. The smallest absolute Gasteiger partial charge is 0.357 e. The number of anilines is 1. The summed E-state index contributed by atoms with van der Waals surface area (Å²) in [6.07, 6.45) is 1.06. The third kappa shape index (κ3) is 4.42. The fourth-order valence-corrected chi connectivity index (χ4v) is 2.42. The highest BCUT2D eigenvalue weighted by atomic mass is 16.5. The summed E-state index contributed by atoms with van der Waals surface area (Å²) in [6, 6.07) is 11.8. The van der Waals surface area contributed by atoms with Crippen LogP contribution in [0.2, 0.25) is 0 Å². The van der Waals surface area contributed by atoms with Crippen LogP contribution in [0, 0.1) is 0 Å². The zero-order valence-corrected chi connectivity index (χ0v) is 15.2. The quantitative estimate of drug-likeness (QED) is 0.261. The number of methoxy groups -OCH3 is 1. The lowest BCUT2D eigenvalue weighted by Crippen LogP contribution is -2.12. The Bertz CT molecular complexity index is 885. The molecule has 6 heteroatoms. The van der Waals surface area contributed by atoms with Crippen molar-refractivity contribution < 1.29 is 14.3 Å². The Kier molecular flexibility index (Phi) is 6.38. The Hall–Kier alpha value is -3.28. The highest BCUT2D eigenvalue weighted by molar-refractivity contribution is 5.92. The lowest BCUT2D eigenvalue weighted by atomic mass is 10.1. The fourth-order valence-electron chi connectivity index (χ4n) is 2.42. The molecule has 0 heterocycles. The van der Waals surface area contributed by atoms with Gasteiger partial charge < -0.3 is 20.5 Å². The number of benzene rings is 2. The lowest BCUT2D eigenvalue weighted by Gasteiger charge is -2.13. The molecule has 0 saturated heterocycles. The monoisotopic (exact) mass is 353 g/mol. The molecular weight excluding hydrogens is 330 g/mol. The zero-order chi connectivity index (χ0) is 19.1. The maximum Gasteiger partial charge on any atom is 0.357 e. The number of ether oxygens (including phenoxy) is 2. The SMILES string of the molecule is C=C(Nc1ccc2ccc(OC)cc2c1)/C(C)=C(\N=C/N)C(=O)OCC. The number of nitrogens with two attached hydrogens (primary N) is 1. The number of rotatable bonds is 7. The van der Waals surface area contributed by atoms with E-state index in [-0.39, 0.29) is 12.3 Å². The Morgan fingerprint density at radius 1 is 1.27 bits per heavy atom. The van der Waals surface area contributed by atoms with Gasteiger partial charge >= 0.3 is 5.97 Å². The van der Waals surface area contributed by atoms with Gasteiger partial charge in [0.1, 0.15) is 5.75 Å². The van der Waals surface area contributed by atoms with E-state index >= 15 is 0 Å². The first-order valence-corrected chi connectivity index (χ1v) is 8.16. The number of nitrogens with one attached hydrogen (secondary N) is 1. The van der Waals surface area contributed by atoms with Gasteiger partial charge in [-0.15, -0.1) is 0 Å². The lowest BCUT2D eigenvalue weighted by molar-refractivity contribution is -0.138. The van der Waals surface area contributed by atoms with Crippen LogP contribution in [0.3, 0.4) is 0 Å². The summed E-state index contributed by atoms with van der Waals surface area (Å²) in [5.74, 6) is 0.240. The summed E-state index contributed by atoms with van der Waals surface area (Å²) in [5, 5.41) is 5.31. The maximum atomic E-state index is 12.0. The average molecular weight is 353 g/mol. The first-order valence-electron chi connectivity index (χ1n) is 8.16. The van der Waals surface area contributed by atoms with Crippen LogP contribution in [0.25, 0.3) is 10.8 Å². The number of aliphatic imine (C=N–C) groups is 1. The molecule has 0 amide bonds. The zero-order valence-electron chi connectivity index (χ0n) is 15.2. The van der Waals surface area contributed by atoms with Crippen molar-refractivity contribution in [2.75, 3.05) is 19.0 Å². The van der Waals surface area contributed by atoms with Crippen molar-refractivity contribution in [1.29, 1.82) is 0 Å². The predicted molar refractivity (Wildman–Crippen MR) is 105 cm³/mol. The molecule has 0 radical (unpaired) electrons. The molecule has 0 aliphatic rings. The topological polar surface area (TPSA) is 85.9 Å². The molecule has 26 heavy (non-hydrogen) atoms. The molecule has 0 saturated carbocycles. The molecule has 2 aromatic rings. The van der Waals surface area contributed by atoms with Crippen molar-refractivity contribution in [2.45, 2.75) is 13.8 Å². The average Bonchev–Trinajstić information content (AvgIpc) is 2.65. The molecule has 2 aromatic carbocycles. The molecule has 0 bridgehead atoms. The summed E-state index contributed by atoms with van der Waals surface area (Å²) in [4.78, 5) is 16.0. The van der Waals surface area contributed by atoms with Gasteiger partial charge in [-0.05, 0) is 48.9 Å². The molecule has 136 valence electrons. The predicted octanol–water partition coefficient (Wildman–Crippen LogP) is 3.60. The van der Waals surface area contributed by atoms with Crippen molar-refractivity contribution in [2.24, 2.45) is 10.7 Å². The molecule has 6 nitrogen and oxygen atoms in total. The summed E-state index contributed by atoms with van der Waals surface area (Å²) >= 11 is 0. The molecule has 2 rings (SSSR count). The van der Waals surface area contributed by atoms with Crippen LogP contribution >= 0.6 is 0 Å². The number of fused-ring (bicyclic) bond motifs is 1. The van der Waals surface area contributed by atoms with Gasteiger partial charge in [-0.1, -0.05) is 18.7 Å². The van der Waals surface area contributed by atoms with E-state index in [1.54, 1.807) is 21.0 Å². The van der Waals surface area contributed by atoms with Crippen molar-refractivity contribution in [1.82, 2.24) is 0 Å². The van der Waals surface area contributed by atoms with E-state index in [4.69, 9.17) is 15.2 Å². The van der Waals surface area contributed by atoms with Gasteiger partial charge in [0.05, 0.1) is 20.1 Å². The minimum Gasteiger partial charge on any atom is -0.497 e. The molecule has 0 aromatic heterocycles. The Morgan fingerprint density at radius 3 is 2.65 bits per heavy atom. The Labute approximate surface area is 153 Å². The van der Waals surface area contributed by atoms with E-state index in [0.717, 1.165) is 28.5 Å². The van der Waals surface area contributed by atoms with Gasteiger partial charge in [-0.2, -0.15) is 0 Å². The van der Waals surface area contributed by atoms with E-state index in [1.807, 2.05) is 36.4 Å². The highest BCUT2D eigenvalue weighted by Gasteiger charge is 2.15. The van der Waals surface area contributed by atoms with Crippen LogP contribution in [0.4, 0.5) is 5.69 Å². The normalized spacial score (nSPS) is 12.0. The summed E-state index contributed by atoms with van der Waals surface area (Å²) in [5.41, 5.74) is 7.38. The number of allylic oxidation sites excluding steroid dienone is 1. The standard InChI is InChI=1S/C20H23N3O3/c1-5-26-20(24)19(22-12-21)13(2)14(3)23-17-8-6-15-7-9-18(25-4)11-16(15)10-17/h6-12,23H,3,5H2,1-2,4H3,(H2,21,22)/b19-13-. The minimum absolute atomic E-state index is 0.120. The number of nitrogens with zero attached hydrogens (tertiary/aromatic N) is 1. The molecule has 0 spiro atoms. The number of carbonyl (C=O) groups is 1. The first kappa shape index (κ1) is 19.1. The second kappa shape index (κ2) is 8.71. The summed E-state index contributed by atoms with van der Waals surface area (Å²) in [6.45, 7) is 7.71. The van der Waals surface area contributed by atoms with E-state index in [2.05, 4.69) is 16.9 Å². The summed E-state index contributed by atoms with van der Waals surface area (Å²) < 4.78 is 10.3. The van der Waals surface area contributed by atoms with Gasteiger partial charge in [0.15, 0.2) is 5.70 Å². The van der Waals surface area contributed by atoms with Crippen molar-refractivity contribution in [3.63, 3.8) is 0 Å². The van der Waals surface area contributed by atoms with Crippen molar-refractivity contribution in [3.8, 4) is 5.75 Å². The van der Waals surface area contributed by atoms with E-state index in [9.17, 15) is 4.79 Å². The van der Waals surface area contributed by atoms with Crippen molar-refractivity contribution >= 4 is 28.8 Å². The highest BCUT2D eigenvalue weighted by Crippen LogP contribution is 2.25. The molecule has 0 unspecified atom stereocenters. The van der Waals surface area contributed by atoms with Gasteiger partial charge in [-0.3, -0.25) is 0 Å². The second-order valence-electron chi connectivity index (χ2n) is 5.50. The third-order valence-corrected chi connectivity index (χ3v) is 3.82. The number of esters is 1. The fraction of sp³-hybridized carbons (Fsp3) is 0.200. The number of hydrogen-bond donors (Lipinski definition) is 2. The Balaban J connectivity index is 2.30. The van der Waals surface area contributed by atoms with Gasteiger partial charge in [0.25, 0.3) is 0 Å². The molecule has 0 fully saturated rings. The van der Waals surface area contributed by atoms with E-state index in [0.29, 0.717) is 11.3 Å². The van der Waals surface area contributed by atoms with Gasteiger partial charge in [0.2, 0.25) is 0 Å². The van der Waals surface area contributed by atoms with Crippen LogP contribution in [0.15, 0.2) is 64.9 Å². The van der Waals surface area contributed by atoms with E-state index in [1.165, 1.54) is 0 Å². The molecule has 0 aliphatic heterocycles. The van der Waals surface area contributed by atoms with Crippen LogP contribution in [-0.2, 0) is 9.53 Å². The van der Waals surface area contributed by atoms with Crippen LogP contribution in [0.1, 0.15) is 13.8 Å². The first-order chi connectivity index (χ1) is 12.5. The molecule has 0 aliphatic carbocycles. The minimum atomic E-state index is -0.544. The molecule has 3 N–H and O–H groups in total. The van der Waals surface area contributed by atoms with Gasteiger partial charge in [0, 0.05) is 17.0 Å². The largest absolute Gasteiger partial charge is 0.497 e. The van der Waals surface area contributed by atoms with Gasteiger partial charge in [-0.25, -0.2) is 9.79 Å². The Morgan fingerprint density at radius 2 is 2.00 bits per heavy atom. The molecule has 0 atom stereocenters. The van der Waals surface area contributed by atoms with Crippen LogP contribution < -0.4 is 15.8 Å². The number of carbonyl (C=O) groups excluding carboxylic acids is 1.